The van der Waals surface area contributed by atoms with Gasteiger partial charge in [-0.25, -0.2) is 4.74 Å². The highest BCUT2D eigenvalue weighted by molar-refractivity contribution is 5.77. The van der Waals surface area contributed by atoms with Crippen LogP contribution in [0.15, 0.2) is 36.4 Å². The van der Waals surface area contributed by atoms with Crippen molar-refractivity contribution in [1.29, 1.82) is 0 Å². The van der Waals surface area contributed by atoms with Gasteiger partial charge in [-0.1, -0.05) is 0 Å². The number of phenols is 3. The molecule has 0 aliphatic carbocycles. The molecule has 0 aliphatic rings. The van der Waals surface area contributed by atoms with Crippen molar-refractivity contribution in [3.8, 4) is 23.0 Å². The van der Waals surface area contributed by atoms with Crippen molar-refractivity contribution in [3.63, 3.8) is 0 Å². The summed E-state index contributed by atoms with van der Waals surface area (Å²) in [6, 6.07) is 8.75. The van der Waals surface area contributed by atoms with E-state index in [2.05, 4.69) is 0 Å². The van der Waals surface area contributed by atoms with Crippen molar-refractivity contribution in [2.45, 2.75) is 6.54 Å². The van der Waals surface area contributed by atoms with E-state index in [4.69, 9.17) is 4.74 Å². The molecular weight excluding hydrogens is 274 g/mol. The first-order valence-electron chi connectivity index (χ1n) is 6.16. The second kappa shape index (κ2) is 6.04. The Labute approximate surface area is 121 Å². The molecule has 0 unspecified atom stereocenters. The minimum Gasteiger partial charge on any atom is -0.624 e. The largest absolute Gasteiger partial charge is 0.624 e. The van der Waals surface area contributed by atoms with Crippen LogP contribution >= 0.6 is 0 Å². The average Bonchev–Trinajstić information content (AvgIpc) is 2.45. The maximum Gasteiger partial charge on any atom is 0.182 e. The normalized spacial score (nSPS) is 11.4. The van der Waals surface area contributed by atoms with E-state index in [0.717, 1.165) is 0 Å². The zero-order chi connectivity index (χ0) is 15.4. The van der Waals surface area contributed by atoms with Gasteiger partial charge < -0.3 is 25.3 Å². The van der Waals surface area contributed by atoms with E-state index in [-0.39, 0.29) is 29.5 Å². The van der Waals surface area contributed by atoms with E-state index in [1.165, 1.54) is 37.6 Å². The van der Waals surface area contributed by atoms with Gasteiger partial charge in [0, 0.05) is 11.1 Å². The predicted octanol–water partition coefficient (Wildman–Crippen LogP) is 1.94. The van der Waals surface area contributed by atoms with Gasteiger partial charge in [0.25, 0.3) is 0 Å². The molecule has 0 fully saturated rings. The first kappa shape index (κ1) is 14.5. The van der Waals surface area contributed by atoms with Gasteiger partial charge in [0.15, 0.2) is 35.8 Å². The molecule has 110 valence electrons. The zero-order valence-corrected chi connectivity index (χ0v) is 11.4. The molecule has 2 aromatic carbocycles. The summed E-state index contributed by atoms with van der Waals surface area (Å²) in [5, 5.41) is 39.9. The van der Waals surface area contributed by atoms with Gasteiger partial charge in [-0.05, 0) is 36.4 Å². The Morgan fingerprint density at radius 3 is 2.43 bits per heavy atom. The molecule has 0 aromatic heterocycles. The van der Waals surface area contributed by atoms with Crippen molar-refractivity contribution in [1.82, 2.24) is 0 Å². The van der Waals surface area contributed by atoms with Gasteiger partial charge in [-0.15, -0.1) is 0 Å². The summed E-state index contributed by atoms with van der Waals surface area (Å²) in [4.78, 5) is 0. The summed E-state index contributed by atoms with van der Waals surface area (Å²) in [6.45, 7) is 0.0109. The third-order valence-corrected chi connectivity index (χ3v) is 2.88. The first-order chi connectivity index (χ1) is 9.99. The van der Waals surface area contributed by atoms with Crippen LogP contribution in [0.2, 0.25) is 0 Å². The van der Waals surface area contributed by atoms with Crippen molar-refractivity contribution >= 4 is 6.21 Å². The van der Waals surface area contributed by atoms with Crippen LogP contribution in [0.4, 0.5) is 0 Å². The summed E-state index contributed by atoms with van der Waals surface area (Å²) in [7, 11) is 1.42. The number of nitrogens with zero attached hydrogens (tertiary/aromatic N) is 1. The molecule has 0 amide bonds. The molecule has 6 nitrogen and oxygen atoms in total. The van der Waals surface area contributed by atoms with Gasteiger partial charge in [0.05, 0.1) is 7.11 Å². The third kappa shape index (κ3) is 3.56. The van der Waals surface area contributed by atoms with Gasteiger partial charge in [-0.2, -0.15) is 0 Å². The number of phenolic OH excluding ortho intramolecular Hbond substituents is 3. The Hall–Kier alpha value is -2.89. The van der Waals surface area contributed by atoms with Crippen LogP contribution in [0.1, 0.15) is 11.1 Å². The van der Waals surface area contributed by atoms with Crippen LogP contribution in [-0.4, -0.2) is 33.4 Å². The summed E-state index contributed by atoms with van der Waals surface area (Å²) >= 11 is 0. The van der Waals surface area contributed by atoms with E-state index in [9.17, 15) is 20.5 Å². The molecule has 0 heterocycles. The molecule has 0 spiro atoms. The second-order valence-electron chi connectivity index (χ2n) is 4.46. The summed E-state index contributed by atoms with van der Waals surface area (Å²) in [5.74, 6) is -0.231. The fraction of sp³-hybridized carbons (Fsp3) is 0.133. The highest BCUT2D eigenvalue weighted by Gasteiger charge is 2.06. The van der Waals surface area contributed by atoms with Crippen LogP contribution in [0.25, 0.3) is 0 Å². The number of hydroxylamine groups is 1. The number of benzene rings is 2. The summed E-state index contributed by atoms with van der Waals surface area (Å²) in [5.41, 5.74) is 1.13. The first-order valence-corrected chi connectivity index (χ1v) is 6.16. The van der Waals surface area contributed by atoms with E-state index >= 15 is 0 Å². The van der Waals surface area contributed by atoms with E-state index in [1.807, 2.05) is 0 Å². The van der Waals surface area contributed by atoms with Gasteiger partial charge in [0.1, 0.15) is 0 Å². The fourth-order valence-electron chi connectivity index (χ4n) is 1.83. The minimum atomic E-state index is -0.271. The Bertz CT molecular complexity index is 682. The van der Waals surface area contributed by atoms with Crippen LogP contribution in [-0.2, 0) is 6.54 Å². The lowest BCUT2D eigenvalue weighted by atomic mass is 10.2. The Morgan fingerprint density at radius 2 is 1.76 bits per heavy atom. The quantitative estimate of drug-likeness (QED) is 0.263. The molecule has 0 radical (unpaired) electrons. The lowest BCUT2D eigenvalue weighted by Crippen LogP contribution is -2.05. The lowest BCUT2D eigenvalue weighted by Gasteiger charge is -2.07. The number of hydrogen-bond donors (Lipinski definition) is 3. The van der Waals surface area contributed by atoms with Crippen molar-refractivity contribution < 1.29 is 24.8 Å². The van der Waals surface area contributed by atoms with Crippen molar-refractivity contribution in [2.75, 3.05) is 7.11 Å². The van der Waals surface area contributed by atoms with Gasteiger partial charge in [-0.3, -0.25) is 0 Å². The van der Waals surface area contributed by atoms with Gasteiger partial charge in [0.2, 0.25) is 0 Å². The zero-order valence-electron chi connectivity index (χ0n) is 11.4. The molecule has 2 rings (SSSR count). The lowest BCUT2D eigenvalue weighted by molar-refractivity contribution is -0.469. The standard InChI is InChI=1S/C15H15NO5/c1-21-15-7-11(3-5-13(15)18)9-16(20)8-10-2-4-12(17)14(19)6-10/h2-7,9,17-19H,8H2,1H3. The molecule has 3 N–H and O–H groups in total. The molecule has 0 atom stereocenters. The highest BCUT2D eigenvalue weighted by atomic mass is 16.5. The molecule has 2 aromatic rings. The van der Waals surface area contributed by atoms with Gasteiger partial charge >= 0.3 is 0 Å². The molecule has 6 heteroatoms. The molecule has 0 bridgehead atoms. The monoisotopic (exact) mass is 289 g/mol. The van der Waals surface area contributed by atoms with E-state index < -0.39 is 0 Å². The van der Waals surface area contributed by atoms with Crippen LogP contribution in [0.3, 0.4) is 0 Å². The number of methoxy groups -OCH3 is 1. The minimum absolute atomic E-state index is 0.00411. The summed E-state index contributed by atoms with van der Waals surface area (Å²) < 4.78 is 5.64. The maximum absolute atomic E-state index is 11.9. The smallest absolute Gasteiger partial charge is 0.182 e. The molecular formula is C15H15NO5. The molecule has 21 heavy (non-hydrogen) atoms. The predicted molar refractivity (Wildman–Crippen MR) is 76.9 cm³/mol. The van der Waals surface area contributed by atoms with Crippen LogP contribution in [0.5, 0.6) is 23.0 Å². The molecule has 0 aliphatic heterocycles. The average molecular weight is 289 g/mol. The Balaban J connectivity index is 2.19. The topological polar surface area (TPSA) is 96.0 Å². The SMILES string of the molecule is COc1cc(C=[N+]([O-])Cc2ccc(O)c(O)c2)ccc1O. The molecule has 0 saturated heterocycles. The number of hydrogen-bond acceptors (Lipinski definition) is 5. The third-order valence-electron chi connectivity index (χ3n) is 2.88. The Kier molecular flexibility index (Phi) is 4.18. The highest BCUT2D eigenvalue weighted by Crippen LogP contribution is 2.26. The maximum atomic E-state index is 11.9. The van der Waals surface area contributed by atoms with Crippen LogP contribution < -0.4 is 4.74 Å². The number of rotatable bonds is 4. The van der Waals surface area contributed by atoms with E-state index in [0.29, 0.717) is 15.9 Å². The second-order valence-corrected chi connectivity index (χ2v) is 4.46. The Morgan fingerprint density at radius 1 is 1.05 bits per heavy atom. The van der Waals surface area contributed by atoms with Crippen LogP contribution in [0, 0.1) is 5.21 Å². The van der Waals surface area contributed by atoms with Crippen molar-refractivity contribution in [2.24, 2.45) is 0 Å². The number of ether oxygens (including phenoxy) is 1. The summed E-state index contributed by atoms with van der Waals surface area (Å²) in [6.07, 6.45) is 1.34. The number of aromatic hydroxyl groups is 3. The molecule has 0 saturated carbocycles. The fourth-order valence-corrected chi connectivity index (χ4v) is 1.83. The van der Waals surface area contributed by atoms with Crippen molar-refractivity contribution in [3.05, 3.63) is 52.7 Å². The van der Waals surface area contributed by atoms with E-state index in [1.54, 1.807) is 12.1 Å².